The number of hydrogen-bond acceptors (Lipinski definition) is 3. The monoisotopic (exact) mass is 207 g/mol. The number of amides is 3. The molecule has 0 aromatic heterocycles. The Kier molecular flexibility index (Phi) is 2.58. The number of nitrogens with zero attached hydrogens (tertiary/aromatic N) is 3. The highest BCUT2D eigenvalue weighted by Gasteiger charge is 2.45. The molecule has 0 aliphatic carbocycles. The third-order valence-electron chi connectivity index (χ3n) is 2.98. The molecule has 0 aromatic rings. The quantitative estimate of drug-likeness (QED) is 0.626. The van der Waals surface area contributed by atoms with Gasteiger partial charge in [-0.25, -0.2) is 4.79 Å². The van der Waals surface area contributed by atoms with Crippen LogP contribution in [0.5, 0.6) is 0 Å². The first-order valence-electron chi connectivity index (χ1n) is 5.24. The summed E-state index contributed by atoms with van der Waals surface area (Å²) < 4.78 is 0. The number of imide groups is 1. The summed E-state index contributed by atoms with van der Waals surface area (Å²) in [5.41, 5.74) is 0. The van der Waals surface area contributed by atoms with Gasteiger partial charge in [-0.05, 0) is 19.3 Å². The zero-order valence-electron chi connectivity index (χ0n) is 8.48. The van der Waals surface area contributed by atoms with Gasteiger partial charge in [0.25, 0.3) is 5.91 Å². The molecule has 2 aliphatic heterocycles. The van der Waals surface area contributed by atoms with Crippen molar-refractivity contribution >= 4 is 11.9 Å². The molecule has 2 saturated heterocycles. The summed E-state index contributed by atoms with van der Waals surface area (Å²) in [6, 6.07) is 1.50. The average molecular weight is 207 g/mol. The van der Waals surface area contributed by atoms with Gasteiger partial charge in [0.15, 0.2) is 0 Å². The first-order chi connectivity index (χ1) is 7.25. The Hall–Kier alpha value is -1.57. The van der Waals surface area contributed by atoms with Gasteiger partial charge in [0.1, 0.15) is 6.04 Å². The van der Waals surface area contributed by atoms with Gasteiger partial charge in [-0.1, -0.05) is 0 Å². The molecule has 1 unspecified atom stereocenters. The number of rotatable bonds is 2. The maximum Gasteiger partial charge on any atom is 0.327 e. The molecule has 5 nitrogen and oxygen atoms in total. The van der Waals surface area contributed by atoms with E-state index in [0.717, 1.165) is 19.3 Å². The number of hydrogen-bond donors (Lipinski definition) is 0. The Bertz CT molecular complexity index is 310. The Morgan fingerprint density at radius 1 is 1.40 bits per heavy atom. The Morgan fingerprint density at radius 3 is 2.87 bits per heavy atom. The van der Waals surface area contributed by atoms with Crippen molar-refractivity contribution in [3.8, 4) is 6.07 Å². The molecule has 5 heteroatoms. The molecule has 2 rings (SSSR count). The van der Waals surface area contributed by atoms with Crippen molar-refractivity contribution in [1.82, 2.24) is 9.80 Å². The van der Waals surface area contributed by atoms with Gasteiger partial charge in [-0.2, -0.15) is 5.26 Å². The zero-order valence-corrected chi connectivity index (χ0v) is 8.48. The summed E-state index contributed by atoms with van der Waals surface area (Å²) in [5.74, 6) is -0.116. The maximum absolute atomic E-state index is 11.8. The van der Waals surface area contributed by atoms with E-state index in [1.54, 1.807) is 4.90 Å². The van der Waals surface area contributed by atoms with E-state index < -0.39 is 0 Å². The Morgan fingerprint density at radius 2 is 2.20 bits per heavy atom. The third kappa shape index (κ3) is 1.56. The molecule has 0 aromatic carbocycles. The van der Waals surface area contributed by atoms with Crippen molar-refractivity contribution in [1.29, 1.82) is 5.26 Å². The van der Waals surface area contributed by atoms with E-state index >= 15 is 0 Å². The molecule has 15 heavy (non-hydrogen) atoms. The van der Waals surface area contributed by atoms with Gasteiger partial charge in [-0.15, -0.1) is 0 Å². The Balaban J connectivity index is 2.11. The molecule has 0 radical (unpaired) electrons. The van der Waals surface area contributed by atoms with E-state index in [4.69, 9.17) is 5.26 Å². The predicted octanol–water partition coefficient (Wildman–Crippen LogP) is 0.717. The summed E-state index contributed by atoms with van der Waals surface area (Å²) in [5, 5.41) is 8.44. The highest BCUT2D eigenvalue weighted by molar-refractivity contribution is 6.04. The lowest BCUT2D eigenvalue weighted by atomic mass is 10.0. The van der Waals surface area contributed by atoms with E-state index in [0.29, 0.717) is 6.54 Å². The number of nitriles is 1. The summed E-state index contributed by atoms with van der Waals surface area (Å²) in [4.78, 5) is 26.5. The van der Waals surface area contributed by atoms with Crippen molar-refractivity contribution in [3.05, 3.63) is 0 Å². The molecule has 80 valence electrons. The van der Waals surface area contributed by atoms with Crippen LogP contribution in [0.15, 0.2) is 0 Å². The molecule has 2 heterocycles. The number of carbonyl (C=O) groups excluding carboxylic acids is 2. The van der Waals surface area contributed by atoms with E-state index in [2.05, 4.69) is 0 Å². The van der Waals surface area contributed by atoms with Crippen LogP contribution in [0.4, 0.5) is 4.79 Å². The van der Waals surface area contributed by atoms with E-state index in [9.17, 15) is 9.59 Å². The van der Waals surface area contributed by atoms with Crippen LogP contribution < -0.4 is 0 Å². The SMILES string of the molecule is N#CCCN1C(=O)C2CCCCN2C1=O. The second-order valence-corrected chi connectivity index (χ2v) is 3.89. The maximum atomic E-state index is 11.8. The molecule has 2 aliphatic rings. The lowest BCUT2D eigenvalue weighted by Gasteiger charge is -2.26. The molecular formula is C10H13N3O2. The second kappa shape index (κ2) is 3.89. The molecule has 0 saturated carbocycles. The van der Waals surface area contributed by atoms with Crippen LogP contribution in [-0.2, 0) is 4.79 Å². The Labute approximate surface area is 88.2 Å². The number of carbonyl (C=O) groups is 2. The minimum absolute atomic E-state index is 0.116. The van der Waals surface area contributed by atoms with Crippen molar-refractivity contribution < 1.29 is 9.59 Å². The van der Waals surface area contributed by atoms with Gasteiger partial charge in [-0.3, -0.25) is 9.69 Å². The molecule has 1 atom stereocenters. The van der Waals surface area contributed by atoms with E-state index in [-0.39, 0.29) is 30.9 Å². The van der Waals surface area contributed by atoms with Crippen LogP contribution in [0.1, 0.15) is 25.7 Å². The second-order valence-electron chi connectivity index (χ2n) is 3.89. The van der Waals surface area contributed by atoms with Crippen LogP contribution >= 0.6 is 0 Å². The van der Waals surface area contributed by atoms with Gasteiger partial charge in [0, 0.05) is 13.1 Å². The third-order valence-corrected chi connectivity index (χ3v) is 2.98. The summed E-state index contributed by atoms with van der Waals surface area (Å²) in [7, 11) is 0. The fraction of sp³-hybridized carbons (Fsp3) is 0.700. The first-order valence-corrected chi connectivity index (χ1v) is 5.24. The number of fused-ring (bicyclic) bond motifs is 1. The van der Waals surface area contributed by atoms with Crippen molar-refractivity contribution in [2.75, 3.05) is 13.1 Å². The largest absolute Gasteiger partial charge is 0.327 e. The van der Waals surface area contributed by atoms with Crippen molar-refractivity contribution in [2.45, 2.75) is 31.7 Å². The lowest BCUT2D eigenvalue weighted by molar-refractivity contribution is -0.128. The summed E-state index contributed by atoms with van der Waals surface area (Å²) in [6.45, 7) is 0.916. The molecule has 3 amide bonds. The van der Waals surface area contributed by atoms with Gasteiger partial charge < -0.3 is 4.90 Å². The van der Waals surface area contributed by atoms with Crippen LogP contribution in [0.25, 0.3) is 0 Å². The van der Waals surface area contributed by atoms with Crippen LogP contribution in [0, 0.1) is 11.3 Å². The lowest BCUT2D eigenvalue weighted by Crippen LogP contribution is -2.39. The topological polar surface area (TPSA) is 64.4 Å². The van der Waals surface area contributed by atoms with E-state index in [1.165, 1.54) is 4.90 Å². The average Bonchev–Trinajstić information content (AvgIpc) is 2.51. The van der Waals surface area contributed by atoms with Crippen LogP contribution in [0.3, 0.4) is 0 Å². The first kappa shape index (κ1) is 9.97. The normalized spacial score (nSPS) is 25.4. The van der Waals surface area contributed by atoms with Crippen LogP contribution in [0.2, 0.25) is 0 Å². The fourth-order valence-electron chi connectivity index (χ4n) is 2.21. The minimum Gasteiger partial charge on any atom is -0.312 e. The molecule has 2 fully saturated rings. The number of urea groups is 1. The van der Waals surface area contributed by atoms with Gasteiger partial charge >= 0.3 is 6.03 Å². The minimum atomic E-state index is -0.245. The fourth-order valence-corrected chi connectivity index (χ4v) is 2.21. The highest BCUT2D eigenvalue weighted by atomic mass is 16.2. The molecule has 0 spiro atoms. The molecule has 0 bridgehead atoms. The van der Waals surface area contributed by atoms with Crippen molar-refractivity contribution in [2.24, 2.45) is 0 Å². The zero-order chi connectivity index (χ0) is 10.8. The standard InChI is InChI=1S/C10H13N3O2/c11-5-3-7-13-9(14)8-4-1-2-6-12(8)10(13)15/h8H,1-4,6-7H2. The van der Waals surface area contributed by atoms with Gasteiger partial charge in [0.05, 0.1) is 12.5 Å². The molecule has 0 N–H and O–H groups in total. The van der Waals surface area contributed by atoms with Gasteiger partial charge in [0.2, 0.25) is 0 Å². The predicted molar refractivity (Wildman–Crippen MR) is 51.7 cm³/mol. The summed E-state index contributed by atoms with van der Waals surface area (Å²) in [6.07, 6.45) is 2.97. The smallest absolute Gasteiger partial charge is 0.312 e. The highest BCUT2D eigenvalue weighted by Crippen LogP contribution is 2.26. The molecular weight excluding hydrogens is 194 g/mol. The van der Waals surface area contributed by atoms with Crippen LogP contribution in [-0.4, -0.2) is 40.9 Å². The van der Waals surface area contributed by atoms with Crippen molar-refractivity contribution in [3.63, 3.8) is 0 Å². The number of piperidine rings is 1. The summed E-state index contributed by atoms with van der Waals surface area (Å²) >= 11 is 0. The van der Waals surface area contributed by atoms with E-state index in [1.807, 2.05) is 6.07 Å².